The van der Waals surface area contributed by atoms with Crippen molar-refractivity contribution in [3.63, 3.8) is 0 Å². The molecule has 2 N–H and O–H groups in total. The van der Waals surface area contributed by atoms with Crippen LogP contribution < -0.4 is 10.1 Å². The standard InChI is InChI=1S/C18H15N3O5S/c22-15(19-13-8-6-12(7-9-13)17(23)24)10-21-18(27)26-16(20-21)11-25-14-4-2-1-3-5-14/h1-9H,10-11H2,(H,19,22)(H,23,24). The molecule has 1 aromatic heterocycles. The van der Waals surface area contributed by atoms with Crippen molar-refractivity contribution in [2.45, 2.75) is 13.2 Å². The van der Waals surface area contributed by atoms with Crippen LogP contribution in [-0.2, 0) is 17.9 Å². The van der Waals surface area contributed by atoms with Gasteiger partial charge in [-0.05, 0) is 48.6 Å². The molecule has 9 heteroatoms. The quantitative estimate of drug-likeness (QED) is 0.602. The number of ether oxygens (including phenoxy) is 1. The number of carbonyl (C=O) groups excluding carboxylic acids is 1. The van der Waals surface area contributed by atoms with Gasteiger partial charge < -0.3 is 19.6 Å². The van der Waals surface area contributed by atoms with Crippen molar-refractivity contribution in [1.29, 1.82) is 0 Å². The Balaban J connectivity index is 1.58. The number of rotatable bonds is 7. The Bertz CT molecular complexity index is 996. The van der Waals surface area contributed by atoms with Crippen LogP contribution in [0.25, 0.3) is 0 Å². The van der Waals surface area contributed by atoms with Gasteiger partial charge in [-0.25, -0.2) is 9.48 Å². The van der Waals surface area contributed by atoms with E-state index < -0.39 is 5.97 Å². The van der Waals surface area contributed by atoms with Crippen molar-refractivity contribution in [3.05, 3.63) is 70.9 Å². The zero-order valence-corrected chi connectivity index (χ0v) is 14.8. The number of aromatic nitrogens is 2. The Hall–Kier alpha value is -3.46. The molecular weight excluding hydrogens is 370 g/mol. The highest BCUT2D eigenvalue weighted by Crippen LogP contribution is 2.12. The van der Waals surface area contributed by atoms with Crippen LogP contribution >= 0.6 is 12.2 Å². The maximum Gasteiger partial charge on any atom is 0.335 e. The summed E-state index contributed by atoms with van der Waals surface area (Å²) in [5, 5.41) is 15.6. The van der Waals surface area contributed by atoms with E-state index in [0.29, 0.717) is 11.4 Å². The van der Waals surface area contributed by atoms with Crippen molar-refractivity contribution in [2.24, 2.45) is 0 Å². The highest BCUT2D eigenvalue weighted by molar-refractivity contribution is 7.71. The van der Waals surface area contributed by atoms with E-state index in [0.717, 1.165) is 0 Å². The lowest BCUT2D eigenvalue weighted by molar-refractivity contribution is -0.117. The first-order valence-corrected chi connectivity index (χ1v) is 8.30. The molecule has 0 bridgehead atoms. The molecule has 0 aliphatic rings. The smallest absolute Gasteiger partial charge is 0.335 e. The molecule has 0 saturated carbocycles. The first-order valence-electron chi connectivity index (χ1n) is 7.89. The number of aromatic carboxylic acids is 1. The van der Waals surface area contributed by atoms with E-state index >= 15 is 0 Å². The molecule has 1 amide bonds. The van der Waals surface area contributed by atoms with Gasteiger partial charge >= 0.3 is 5.97 Å². The lowest BCUT2D eigenvalue weighted by atomic mass is 10.2. The molecule has 0 saturated heterocycles. The lowest BCUT2D eigenvalue weighted by Crippen LogP contribution is -2.19. The Morgan fingerprint density at radius 1 is 1.15 bits per heavy atom. The maximum absolute atomic E-state index is 12.1. The first kappa shape index (κ1) is 18.3. The fraction of sp³-hybridized carbons (Fsp3) is 0.111. The second-order valence-corrected chi connectivity index (χ2v) is 5.80. The SMILES string of the molecule is O=C(Cn1nc(COc2ccccc2)oc1=S)Nc1ccc(C(=O)O)cc1. The summed E-state index contributed by atoms with van der Waals surface area (Å²) >= 11 is 5.07. The minimum atomic E-state index is -1.04. The van der Waals surface area contributed by atoms with Crippen LogP contribution in [0.5, 0.6) is 5.75 Å². The summed E-state index contributed by atoms with van der Waals surface area (Å²) in [7, 11) is 0. The van der Waals surface area contributed by atoms with Gasteiger partial charge in [-0.2, -0.15) is 0 Å². The van der Waals surface area contributed by atoms with E-state index in [1.807, 2.05) is 18.2 Å². The molecule has 138 valence electrons. The fourth-order valence-electron chi connectivity index (χ4n) is 2.20. The summed E-state index contributed by atoms with van der Waals surface area (Å²) in [5.41, 5.74) is 0.599. The van der Waals surface area contributed by atoms with E-state index in [1.54, 1.807) is 12.1 Å². The number of nitrogens with zero attached hydrogens (tertiary/aromatic N) is 2. The zero-order valence-electron chi connectivity index (χ0n) is 14.0. The predicted molar refractivity (Wildman–Crippen MR) is 98.1 cm³/mol. The number of para-hydroxylation sites is 1. The number of carbonyl (C=O) groups is 2. The highest BCUT2D eigenvalue weighted by atomic mass is 32.1. The minimum Gasteiger partial charge on any atom is -0.484 e. The molecular formula is C18H15N3O5S. The summed E-state index contributed by atoms with van der Waals surface area (Å²) in [5.74, 6) is -0.497. The van der Waals surface area contributed by atoms with Gasteiger partial charge in [0.15, 0.2) is 6.61 Å². The maximum atomic E-state index is 12.1. The van der Waals surface area contributed by atoms with Gasteiger partial charge in [-0.1, -0.05) is 18.2 Å². The molecule has 3 rings (SSSR count). The number of hydrogen-bond donors (Lipinski definition) is 2. The molecule has 0 aliphatic carbocycles. The average molecular weight is 385 g/mol. The lowest BCUT2D eigenvalue weighted by Gasteiger charge is -2.05. The number of carboxylic acids is 1. The number of hydrogen-bond acceptors (Lipinski definition) is 6. The molecule has 0 fully saturated rings. The van der Waals surface area contributed by atoms with Crippen molar-refractivity contribution in [1.82, 2.24) is 9.78 Å². The van der Waals surface area contributed by atoms with E-state index in [1.165, 1.54) is 28.9 Å². The van der Waals surface area contributed by atoms with Gasteiger partial charge in [-0.15, -0.1) is 5.10 Å². The molecule has 3 aromatic rings. The number of anilines is 1. The first-order chi connectivity index (χ1) is 13.0. The van der Waals surface area contributed by atoms with E-state index in [9.17, 15) is 9.59 Å². The predicted octanol–water partition coefficient (Wildman–Crippen LogP) is 3.12. The normalized spacial score (nSPS) is 10.4. The summed E-state index contributed by atoms with van der Waals surface area (Å²) < 4.78 is 12.1. The van der Waals surface area contributed by atoms with Crippen molar-refractivity contribution in [2.75, 3.05) is 5.32 Å². The van der Waals surface area contributed by atoms with Gasteiger partial charge in [0.25, 0.3) is 10.7 Å². The number of nitrogens with one attached hydrogen (secondary N) is 1. The Kier molecular flexibility index (Phi) is 5.62. The molecule has 8 nitrogen and oxygen atoms in total. The average Bonchev–Trinajstić information content (AvgIpc) is 3.00. The van der Waals surface area contributed by atoms with Gasteiger partial charge in [0, 0.05) is 5.69 Å². The van der Waals surface area contributed by atoms with E-state index in [-0.39, 0.29) is 35.4 Å². The van der Waals surface area contributed by atoms with Crippen LogP contribution in [0.3, 0.4) is 0 Å². The largest absolute Gasteiger partial charge is 0.484 e. The molecule has 0 aliphatic heterocycles. The van der Waals surface area contributed by atoms with Crippen molar-refractivity contribution >= 4 is 29.8 Å². The number of carboxylic acid groups (broad SMARTS) is 1. The Morgan fingerprint density at radius 3 is 2.52 bits per heavy atom. The summed E-state index contributed by atoms with van der Waals surface area (Å²) in [6, 6.07) is 15.0. The van der Waals surface area contributed by atoms with Crippen LogP contribution in [0.2, 0.25) is 0 Å². The fourth-order valence-corrected chi connectivity index (χ4v) is 2.40. The second kappa shape index (κ2) is 8.28. The minimum absolute atomic E-state index is 0.0537. The van der Waals surface area contributed by atoms with Crippen molar-refractivity contribution < 1.29 is 23.8 Å². The molecule has 0 unspecified atom stereocenters. The third-order valence-corrected chi connectivity index (χ3v) is 3.76. The van der Waals surface area contributed by atoms with Crippen LogP contribution in [0.15, 0.2) is 59.0 Å². The van der Waals surface area contributed by atoms with Crippen LogP contribution in [0, 0.1) is 4.84 Å². The van der Waals surface area contributed by atoms with Gasteiger partial charge in [0.05, 0.1) is 5.56 Å². The third-order valence-electron chi connectivity index (χ3n) is 3.46. The molecule has 27 heavy (non-hydrogen) atoms. The van der Waals surface area contributed by atoms with Crippen LogP contribution in [-0.4, -0.2) is 26.8 Å². The molecule has 0 spiro atoms. The van der Waals surface area contributed by atoms with Crippen LogP contribution in [0.4, 0.5) is 5.69 Å². The van der Waals surface area contributed by atoms with Gasteiger partial charge in [0.1, 0.15) is 12.3 Å². The molecule has 0 radical (unpaired) electrons. The Morgan fingerprint density at radius 2 is 1.85 bits per heavy atom. The summed E-state index contributed by atoms with van der Waals surface area (Å²) in [6.07, 6.45) is 0. The van der Waals surface area contributed by atoms with Crippen molar-refractivity contribution in [3.8, 4) is 5.75 Å². The third kappa shape index (κ3) is 5.02. The number of benzene rings is 2. The number of amides is 1. The van der Waals surface area contributed by atoms with Gasteiger partial charge in [-0.3, -0.25) is 4.79 Å². The summed E-state index contributed by atoms with van der Waals surface area (Å²) in [6.45, 7) is -0.0622. The van der Waals surface area contributed by atoms with E-state index in [2.05, 4.69) is 10.4 Å². The Labute approximate surface area is 159 Å². The molecule has 2 aromatic carbocycles. The van der Waals surface area contributed by atoms with Crippen LogP contribution in [0.1, 0.15) is 16.2 Å². The molecule has 0 atom stereocenters. The topological polar surface area (TPSA) is 107 Å². The van der Waals surface area contributed by atoms with Gasteiger partial charge in [0.2, 0.25) is 5.91 Å². The summed E-state index contributed by atoms with van der Waals surface area (Å²) in [4.78, 5) is 23.0. The molecule has 1 heterocycles. The highest BCUT2D eigenvalue weighted by Gasteiger charge is 2.11. The van der Waals surface area contributed by atoms with E-state index in [4.69, 9.17) is 26.5 Å². The monoisotopic (exact) mass is 385 g/mol. The second-order valence-electron chi connectivity index (χ2n) is 5.45. The zero-order chi connectivity index (χ0) is 19.2.